The molecule has 0 rings (SSSR count). The van der Waals surface area contributed by atoms with Gasteiger partial charge in [-0.05, 0) is 34.6 Å². The summed E-state index contributed by atoms with van der Waals surface area (Å²) in [4.78, 5) is 0. The van der Waals surface area contributed by atoms with Gasteiger partial charge in [0, 0.05) is 0 Å². The van der Waals surface area contributed by atoms with Crippen molar-refractivity contribution >= 4 is 10.1 Å². The number of hydrogen-bond donors (Lipinski definition) is 0. The molecule has 0 aromatic carbocycles. The molecule has 0 heterocycles. The first-order valence-corrected chi connectivity index (χ1v) is 8.86. The molecule has 0 N–H and O–H groups in total. The first kappa shape index (κ1) is 28.4. The Morgan fingerprint density at radius 1 is 0.815 bits per heavy atom. The summed E-state index contributed by atoms with van der Waals surface area (Å²) in [6, 6.07) is 1.48. The van der Waals surface area contributed by atoms with Crippen LogP contribution in [0.5, 0.6) is 0 Å². The van der Waals surface area contributed by atoms with Crippen molar-refractivity contribution in [3.05, 3.63) is 0 Å². The lowest BCUT2D eigenvalue weighted by Gasteiger charge is -2.41. The number of hydrogen-bond acceptors (Lipinski definition) is 3. The van der Waals surface area contributed by atoms with E-state index in [0.29, 0.717) is 0 Å². The third-order valence-corrected chi connectivity index (χ3v) is 5.35. The van der Waals surface area contributed by atoms with Gasteiger partial charge in [0.25, 0.3) is 0 Å². The molecule has 0 aliphatic carbocycles. The summed E-state index contributed by atoms with van der Waals surface area (Å²) in [6.45, 7) is 12.7. The lowest BCUT2D eigenvalue weighted by atomic mass is 10.1. The Labute approximate surface area is 151 Å². The second-order valence-corrected chi connectivity index (χ2v) is 7.89. The van der Waals surface area contributed by atoms with Crippen LogP contribution in [0.2, 0.25) is 0 Å². The highest BCUT2D eigenvalue weighted by molar-refractivity contribution is 7.86. The van der Waals surface area contributed by atoms with Crippen molar-refractivity contribution in [2.24, 2.45) is 0 Å². The zero-order valence-electron chi connectivity index (χ0n) is 15.3. The Balaban J connectivity index is 0. The van der Waals surface area contributed by atoms with Crippen LogP contribution >= 0.6 is 0 Å². The highest BCUT2D eigenvalue weighted by atomic mass is 32.2. The van der Waals surface area contributed by atoms with Crippen LogP contribution in [-0.4, -0.2) is 66.4 Å². The van der Waals surface area contributed by atoms with Crippen molar-refractivity contribution in [2.75, 3.05) is 13.6 Å². The van der Waals surface area contributed by atoms with Crippen molar-refractivity contribution in [2.45, 2.75) is 70.0 Å². The second kappa shape index (κ2) is 8.31. The molecular weight excluding hydrogens is 421 g/mol. The summed E-state index contributed by atoms with van der Waals surface area (Å²) in [6.07, 6.45) is -7.16. The summed E-state index contributed by atoms with van der Waals surface area (Å²) in [7, 11) is -5.09. The standard InChI is InChI=1S/C9H22N.C4HF9O3S/c1-7-10(6,8(2)3)9(4)5;5-1(6,3(9,10)11)2(7,8)4(12,13)17(14,15)16/h8-9H,7H2,1-6H3;(H,14,15,16)/q+1;/p-1. The molecule has 0 bridgehead atoms. The van der Waals surface area contributed by atoms with E-state index in [2.05, 4.69) is 41.7 Å². The molecule has 0 amide bonds. The Morgan fingerprint density at radius 3 is 1.22 bits per heavy atom. The number of halogens is 9. The van der Waals surface area contributed by atoms with E-state index >= 15 is 0 Å². The SMILES string of the molecule is CC[N+](C)(C(C)C)C(C)C.O=S(=O)([O-])C(F)(F)C(F)(F)C(F)(F)C(F)(F)F. The number of quaternary nitrogens is 1. The van der Waals surface area contributed by atoms with Gasteiger partial charge in [-0.25, -0.2) is 8.42 Å². The molecule has 0 unspecified atom stereocenters. The number of nitrogens with zero attached hydrogens (tertiary/aromatic N) is 1. The van der Waals surface area contributed by atoms with Crippen LogP contribution in [0.3, 0.4) is 0 Å². The van der Waals surface area contributed by atoms with Gasteiger partial charge in [-0.15, -0.1) is 0 Å². The molecule has 0 aliphatic heterocycles. The van der Waals surface area contributed by atoms with E-state index in [4.69, 9.17) is 0 Å². The topological polar surface area (TPSA) is 57.2 Å². The predicted octanol–water partition coefficient (Wildman–Crippen LogP) is 4.23. The number of rotatable bonds is 6. The molecular formula is C13H22F9NO3S. The van der Waals surface area contributed by atoms with Gasteiger partial charge in [-0.3, -0.25) is 0 Å². The summed E-state index contributed by atoms with van der Waals surface area (Å²) in [5, 5.41) is -7.11. The van der Waals surface area contributed by atoms with E-state index in [9.17, 15) is 52.5 Å². The molecule has 0 aromatic heterocycles. The molecule has 14 heteroatoms. The van der Waals surface area contributed by atoms with Crippen molar-refractivity contribution in [1.82, 2.24) is 0 Å². The van der Waals surface area contributed by atoms with Gasteiger partial charge in [0.2, 0.25) is 0 Å². The zero-order valence-corrected chi connectivity index (χ0v) is 16.2. The fourth-order valence-electron chi connectivity index (χ4n) is 1.84. The van der Waals surface area contributed by atoms with Crippen LogP contribution in [-0.2, 0) is 10.1 Å². The minimum Gasteiger partial charge on any atom is -0.743 e. The van der Waals surface area contributed by atoms with Gasteiger partial charge >= 0.3 is 23.3 Å². The van der Waals surface area contributed by atoms with Crippen molar-refractivity contribution < 1.29 is 57.0 Å². The van der Waals surface area contributed by atoms with Crippen LogP contribution in [0.4, 0.5) is 39.5 Å². The smallest absolute Gasteiger partial charge is 0.460 e. The average molecular weight is 443 g/mol. The van der Waals surface area contributed by atoms with Crippen molar-refractivity contribution in [1.29, 1.82) is 0 Å². The monoisotopic (exact) mass is 443 g/mol. The van der Waals surface area contributed by atoms with Gasteiger partial charge in [0.05, 0.1) is 25.7 Å². The van der Waals surface area contributed by atoms with Crippen LogP contribution in [0.15, 0.2) is 0 Å². The van der Waals surface area contributed by atoms with E-state index in [1.807, 2.05) is 0 Å². The van der Waals surface area contributed by atoms with E-state index in [-0.39, 0.29) is 0 Å². The second-order valence-electron chi connectivity index (χ2n) is 6.47. The van der Waals surface area contributed by atoms with Gasteiger partial charge in [0.15, 0.2) is 10.1 Å². The molecule has 0 radical (unpaired) electrons. The predicted molar refractivity (Wildman–Crippen MR) is 77.6 cm³/mol. The highest BCUT2D eigenvalue weighted by Crippen LogP contribution is 2.54. The summed E-state index contributed by atoms with van der Waals surface area (Å²) in [5.41, 5.74) is 0. The molecule has 27 heavy (non-hydrogen) atoms. The zero-order chi connectivity index (χ0) is 22.9. The molecule has 166 valence electrons. The van der Waals surface area contributed by atoms with Gasteiger partial charge < -0.3 is 9.04 Å². The fraction of sp³-hybridized carbons (Fsp3) is 1.00. The minimum atomic E-state index is -7.43. The van der Waals surface area contributed by atoms with E-state index in [0.717, 1.165) is 12.1 Å². The molecule has 0 aromatic rings. The Morgan fingerprint density at radius 2 is 1.11 bits per heavy atom. The maximum atomic E-state index is 12.2. The average Bonchev–Trinajstić information content (AvgIpc) is 2.43. The quantitative estimate of drug-likeness (QED) is 0.351. The Hall–Kier alpha value is -0.760. The molecule has 0 spiro atoms. The summed E-state index contributed by atoms with van der Waals surface area (Å²) < 4.78 is 137. The van der Waals surface area contributed by atoms with E-state index < -0.39 is 33.4 Å². The highest BCUT2D eigenvalue weighted by Gasteiger charge is 2.83. The first-order valence-electron chi connectivity index (χ1n) is 7.45. The maximum absolute atomic E-state index is 12.2. The third-order valence-electron chi connectivity index (χ3n) is 4.47. The largest absolute Gasteiger partial charge is 0.743 e. The summed E-state index contributed by atoms with van der Waals surface area (Å²) >= 11 is 0. The molecule has 0 saturated heterocycles. The Kier molecular flexibility index (Phi) is 8.76. The normalized spacial score (nSPS) is 15.0. The van der Waals surface area contributed by atoms with Crippen molar-refractivity contribution in [3.63, 3.8) is 0 Å². The van der Waals surface area contributed by atoms with Crippen molar-refractivity contribution in [3.8, 4) is 0 Å². The van der Waals surface area contributed by atoms with Crippen LogP contribution in [0.1, 0.15) is 34.6 Å². The molecule has 0 saturated carbocycles. The Bertz CT molecular complexity index is 578. The maximum Gasteiger partial charge on any atom is 0.460 e. The molecule has 4 nitrogen and oxygen atoms in total. The number of alkyl halides is 9. The molecule has 0 aliphatic rings. The fourth-order valence-corrected chi connectivity index (χ4v) is 2.29. The lowest BCUT2D eigenvalue weighted by Crippen LogP contribution is -2.63. The van der Waals surface area contributed by atoms with Crippen LogP contribution in [0, 0.1) is 0 Å². The first-order chi connectivity index (χ1) is 11.4. The van der Waals surface area contributed by atoms with Gasteiger partial charge in [-0.2, -0.15) is 39.5 Å². The van der Waals surface area contributed by atoms with Crippen LogP contribution < -0.4 is 0 Å². The third kappa shape index (κ3) is 5.40. The van der Waals surface area contributed by atoms with Crippen LogP contribution in [0.25, 0.3) is 0 Å². The molecule has 0 fully saturated rings. The minimum absolute atomic E-state index is 0.741. The van der Waals surface area contributed by atoms with Gasteiger partial charge in [-0.1, -0.05) is 0 Å². The van der Waals surface area contributed by atoms with E-state index in [1.165, 1.54) is 11.0 Å². The van der Waals surface area contributed by atoms with E-state index in [1.54, 1.807) is 0 Å². The lowest BCUT2D eigenvalue weighted by molar-refractivity contribution is -0.947. The van der Waals surface area contributed by atoms with Gasteiger partial charge in [0.1, 0.15) is 0 Å². The summed E-state index contributed by atoms with van der Waals surface area (Å²) in [5.74, 6) is -14.8. The molecule has 0 atom stereocenters.